The largest absolute Gasteiger partial charge is 0.352 e. The van der Waals surface area contributed by atoms with Crippen LogP contribution in [-0.4, -0.2) is 38.8 Å². The van der Waals surface area contributed by atoms with Crippen LogP contribution in [0, 0.1) is 0 Å². The van der Waals surface area contributed by atoms with E-state index in [9.17, 15) is 0 Å². The van der Waals surface area contributed by atoms with Crippen LogP contribution < -0.4 is 10.6 Å². The first kappa shape index (κ1) is 23.1. The second-order valence-electron chi connectivity index (χ2n) is 8.41. The molecule has 2 aromatic rings. The van der Waals surface area contributed by atoms with E-state index in [0.717, 1.165) is 47.7 Å². The molecule has 3 heterocycles. The monoisotopic (exact) mass is 517 g/mol. The van der Waals surface area contributed by atoms with Crippen LogP contribution in [0.15, 0.2) is 10.4 Å². The summed E-state index contributed by atoms with van der Waals surface area (Å²) in [6.45, 7) is 12.3. The summed E-state index contributed by atoms with van der Waals surface area (Å²) >= 11 is 1.69. The number of nitrogens with zero attached hydrogens (tertiary/aromatic N) is 5. The first-order valence-electron chi connectivity index (χ1n) is 9.62. The predicted octanol–water partition coefficient (Wildman–Crippen LogP) is 3.45. The molecule has 0 saturated heterocycles. The van der Waals surface area contributed by atoms with E-state index in [1.165, 1.54) is 0 Å². The van der Waals surface area contributed by atoms with E-state index in [1.54, 1.807) is 18.4 Å². The van der Waals surface area contributed by atoms with E-state index in [4.69, 9.17) is 4.98 Å². The molecule has 9 heteroatoms. The van der Waals surface area contributed by atoms with Crippen molar-refractivity contribution in [2.24, 2.45) is 4.99 Å². The van der Waals surface area contributed by atoms with Crippen molar-refractivity contribution in [3.05, 3.63) is 27.7 Å². The van der Waals surface area contributed by atoms with Crippen molar-refractivity contribution >= 4 is 41.3 Å². The Balaban J connectivity index is 0.00000280. The maximum Gasteiger partial charge on any atom is 0.191 e. The molecule has 1 aliphatic rings. The number of fused-ring (bicyclic) bond motifs is 1. The second kappa shape index (κ2) is 9.51. The molecule has 28 heavy (non-hydrogen) atoms. The molecule has 0 bridgehead atoms. The number of aromatic nitrogens is 4. The maximum absolute atomic E-state index is 4.73. The van der Waals surface area contributed by atoms with Gasteiger partial charge in [0, 0.05) is 36.2 Å². The first-order valence-corrected chi connectivity index (χ1v) is 10.5. The van der Waals surface area contributed by atoms with Gasteiger partial charge in [0.15, 0.2) is 11.8 Å². The Morgan fingerprint density at radius 1 is 1.36 bits per heavy atom. The molecule has 0 saturated carbocycles. The highest BCUT2D eigenvalue weighted by molar-refractivity contribution is 14.0. The number of nitrogens with one attached hydrogen (secondary N) is 2. The standard InChI is InChI=1S/C19H31N7S.HI/c1-12(2)17-24-15-8-7-13(10-26(15)25-17)22-18(20-6)21-9-16-23-14(11-27-16)19(3,4)5;/h11-13H,7-10H2,1-6H3,(H2,20,21,22);1H. The van der Waals surface area contributed by atoms with Gasteiger partial charge in [-0.3, -0.25) is 4.99 Å². The third-order valence-corrected chi connectivity index (χ3v) is 5.53. The molecule has 1 aliphatic heterocycles. The number of guanidine groups is 1. The lowest BCUT2D eigenvalue weighted by Gasteiger charge is -2.25. The van der Waals surface area contributed by atoms with Gasteiger partial charge in [0.05, 0.1) is 18.8 Å². The van der Waals surface area contributed by atoms with Crippen LogP contribution in [-0.2, 0) is 24.9 Å². The van der Waals surface area contributed by atoms with Crippen molar-refractivity contribution in [3.63, 3.8) is 0 Å². The molecule has 0 radical (unpaired) electrons. The van der Waals surface area contributed by atoms with Gasteiger partial charge < -0.3 is 10.6 Å². The van der Waals surface area contributed by atoms with Crippen molar-refractivity contribution in [1.82, 2.24) is 30.4 Å². The highest BCUT2D eigenvalue weighted by Crippen LogP contribution is 2.23. The summed E-state index contributed by atoms with van der Waals surface area (Å²) in [7, 11) is 1.80. The Kier molecular flexibility index (Phi) is 7.83. The van der Waals surface area contributed by atoms with Crippen molar-refractivity contribution in [2.45, 2.75) is 77.9 Å². The molecule has 1 unspecified atom stereocenters. The number of aliphatic imine (C=N–C) groups is 1. The molecule has 7 nitrogen and oxygen atoms in total. The number of rotatable bonds is 4. The summed E-state index contributed by atoms with van der Waals surface area (Å²) in [4.78, 5) is 13.8. The summed E-state index contributed by atoms with van der Waals surface area (Å²) in [6.07, 6.45) is 1.97. The molecule has 156 valence electrons. The first-order chi connectivity index (χ1) is 12.8. The zero-order chi connectivity index (χ0) is 19.6. The van der Waals surface area contributed by atoms with Crippen LogP contribution in [0.1, 0.15) is 69.3 Å². The summed E-state index contributed by atoms with van der Waals surface area (Å²) in [5.74, 6) is 3.20. The van der Waals surface area contributed by atoms with E-state index in [1.807, 2.05) is 4.68 Å². The van der Waals surface area contributed by atoms with Crippen LogP contribution in [0.2, 0.25) is 0 Å². The van der Waals surface area contributed by atoms with Gasteiger partial charge in [-0.1, -0.05) is 34.6 Å². The maximum atomic E-state index is 4.73. The summed E-state index contributed by atoms with van der Waals surface area (Å²) in [6, 6.07) is 0.298. The lowest BCUT2D eigenvalue weighted by atomic mass is 9.93. The fraction of sp³-hybridized carbons (Fsp3) is 0.684. The minimum Gasteiger partial charge on any atom is -0.352 e. The van der Waals surface area contributed by atoms with Gasteiger partial charge in [-0.05, 0) is 6.42 Å². The Morgan fingerprint density at radius 2 is 2.11 bits per heavy atom. The quantitative estimate of drug-likeness (QED) is 0.369. The van der Waals surface area contributed by atoms with Gasteiger partial charge in [-0.15, -0.1) is 35.3 Å². The van der Waals surface area contributed by atoms with E-state index in [2.05, 4.69) is 65.7 Å². The Morgan fingerprint density at radius 3 is 2.71 bits per heavy atom. The zero-order valence-electron chi connectivity index (χ0n) is 17.6. The molecule has 0 aliphatic carbocycles. The summed E-state index contributed by atoms with van der Waals surface area (Å²) in [5, 5.41) is 14.8. The SMILES string of the molecule is CN=C(NCc1nc(C(C)(C)C)cs1)NC1CCc2nc(C(C)C)nn2C1.I. The zero-order valence-corrected chi connectivity index (χ0v) is 20.8. The lowest BCUT2D eigenvalue weighted by Crippen LogP contribution is -2.46. The van der Waals surface area contributed by atoms with Crippen molar-refractivity contribution in [2.75, 3.05) is 7.05 Å². The topological polar surface area (TPSA) is 80.0 Å². The minimum atomic E-state index is 0. The minimum absolute atomic E-state index is 0. The van der Waals surface area contributed by atoms with Gasteiger partial charge >= 0.3 is 0 Å². The van der Waals surface area contributed by atoms with Gasteiger partial charge in [-0.2, -0.15) is 5.10 Å². The predicted molar refractivity (Wildman–Crippen MR) is 126 cm³/mol. The Bertz CT molecular complexity index is 804. The van der Waals surface area contributed by atoms with Crippen molar-refractivity contribution < 1.29 is 0 Å². The molecule has 0 aromatic carbocycles. The van der Waals surface area contributed by atoms with Crippen LogP contribution in [0.5, 0.6) is 0 Å². The average Bonchev–Trinajstić information content (AvgIpc) is 3.24. The molecule has 3 rings (SSSR count). The highest BCUT2D eigenvalue weighted by atomic mass is 127. The molecule has 1 atom stereocenters. The van der Waals surface area contributed by atoms with Crippen molar-refractivity contribution in [3.8, 4) is 0 Å². The molecular weight excluding hydrogens is 485 g/mol. The molecule has 2 aromatic heterocycles. The third-order valence-electron chi connectivity index (χ3n) is 4.68. The lowest BCUT2D eigenvalue weighted by molar-refractivity contribution is 0.391. The molecule has 0 spiro atoms. The number of halogens is 1. The number of aryl methyl sites for hydroxylation is 1. The fourth-order valence-corrected chi connectivity index (χ4v) is 3.93. The number of thiazole rings is 1. The van der Waals surface area contributed by atoms with E-state index in [-0.39, 0.29) is 29.4 Å². The van der Waals surface area contributed by atoms with E-state index < -0.39 is 0 Å². The van der Waals surface area contributed by atoms with Gasteiger partial charge in [-0.25, -0.2) is 14.6 Å². The van der Waals surface area contributed by atoms with Crippen LogP contribution in [0.25, 0.3) is 0 Å². The van der Waals surface area contributed by atoms with E-state index >= 15 is 0 Å². The Labute approximate surface area is 188 Å². The van der Waals surface area contributed by atoms with Crippen LogP contribution >= 0.6 is 35.3 Å². The van der Waals surface area contributed by atoms with Gasteiger partial charge in [0.2, 0.25) is 0 Å². The van der Waals surface area contributed by atoms with Crippen LogP contribution in [0.3, 0.4) is 0 Å². The number of hydrogen-bond donors (Lipinski definition) is 2. The average molecular weight is 517 g/mol. The highest BCUT2D eigenvalue weighted by Gasteiger charge is 2.23. The number of hydrogen-bond acceptors (Lipinski definition) is 5. The third kappa shape index (κ3) is 5.65. The molecule has 0 amide bonds. The van der Waals surface area contributed by atoms with Gasteiger partial charge in [0.25, 0.3) is 0 Å². The smallest absolute Gasteiger partial charge is 0.191 e. The normalized spacial score (nSPS) is 17.2. The Hall–Kier alpha value is -1.23. The fourth-order valence-electron chi connectivity index (χ4n) is 2.97. The van der Waals surface area contributed by atoms with Gasteiger partial charge in [0.1, 0.15) is 10.8 Å². The van der Waals surface area contributed by atoms with Crippen molar-refractivity contribution in [1.29, 1.82) is 0 Å². The summed E-state index contributed by atoms with van der Waals surface area (Å²) < 4.78 is 2.04. The molecule has 0 fully saturated rings. The van der Waals surface area contributed by atoms with Crippen LogP contribution in [0.4, 0.5) is 0 Å². The summed E-state index contributed by atoms with van der Waals surface area (Å²) in [5.41, 5.74) is 1.22. The molecule has 2 N–H and O–H groups in total. The van der Waals surface area contributed by atoms with E-state index in [0.29, 0.717) is 18.5 Å². The second-order valence-corrected chi connectivity index (χ2v) is 9.35. The molecular formula is C19H32IN7S.